The zero-order chi connectivity index (χ0) is 11.3. The molecule has 0 radical (unpaired) electrons. The predicted molar refractivity (Wildman–Crippen MR) is 57.9 cm³/mol. The summed E-state index contributed by atoms with van der Waals surface area (Å²) >= 11 is 0. The highest BCUT2D eigenvalue weighted by Crippen LogP contribution is 2.21. The SMILES string of the molecule is CC1(O)CCCN(CCC(=O)NN)CC1. The van der Waals surface area contributed by atoms with Crippen LogP contribution in [0.4, 0.5) is 0 Å². The van der Waals surface area contributed by atoms with Crippen molar-refractivity contribution in [2.24, 2.45) is 5.84 Å². The van der Waals surface area contributed by atoms with Crippen LogP contribution in [0.1, 0.15) is 32.6 Å². The maximum Gasteiger partial charge on any atom is 0.235 e. The Labute approximate surface area is 90.6 Å². The van der Waals surface area contributed by atoms with E-state index in [1.807, 2.05) is 6.92 Å². The molecule has 0 aliphatic carbocycles. The summed E-state index contributed by atoms with van der Waals surface area (Å²) in [7, 11) is 0. The minimum atomic E-state index is -0.537. The van der Waals surface area contributed by atoms with E-state index >= 15 is 0 Å². The lowest BCUT2D eigenvalue weighted by atomic mass is 9.98. The molecule has 0 aromatic rings. The lowest BCUT2D eigenvalue weighted by Crippen LogP contribution is -2.35. The molecular weight excluding hydrogens is 194 g/mol. The Bertz CT molecular complexity index is 219. The fraction of sp³-hybridized carbons (Fsp3) is 0.900. The van der Waals surface area contributed by atoms with Crippen molar-refractivity contribution in [3.63, 3.8) is 0 Å². The molecule has 1 aliphatic rings. The molecule has 0 saturated carbocycles. The molecule has 5 heteroatoms. The van der Waals surface area contributed by atoms with Crippen molar-refractivity contribution < 1.29 is 9.90 Å². The van der Waals surface area contributed by atoms with E-state index in [0.29, 0.717) is 6.42 Å². The molecule has 1 saturated heterocycles. The molecule has 15 heavy (non-hydrogen) atoms. The van der Waals surface area contributed by atoms with Gasteiger partial charge in [-0.1, -0.05) is 0 Å². The van der Waals surface area contributed by atoms with Gasteiger partial charge in [0, 0.05) is 19.5 Å². The maximum atomic E-state index is 11.0. The van der Waals surface area contributed by atoms with Gasteiger partial charge in [-0.2, -0.15) is 0 Å². The second-order valence-electron chi connectivity index (χ2n) is 4.51. The van der Waals surface area contributed by atoms with E-state index in [4.69, 9.17) is 5.84 Å². The average molecular weight is 215 g/mol. The number of amides is 1. The summed E-state index contributed by atoms with van der Waals surface area (Å²) in [5, 5.41) is 9.87. The number of carbonyl (C=O) groups is 1. The van der Waals surface area contributed by atoms with E-state index in [2.05, 4.69) is 10.3 Å². The first-order valence-electron chi connectivity index (χ1n) is 5.48. The summed E-state index contributed by atoms with van der Waals surface area (Å²) in [6, 6.07) is 0. The molecule has 88 valence electrons. The zero-order valence-corrected chi connectivity index (χ0v) is 9.33. The van der Waals surface area contributed by atoms with Crippen molar-refractivity contribution in [2.45, 2.75) is 38.2 Å². The van der Waals surface area contributed by atoms with Crippen LogP contribution < -0.4 is 11.3 Å². The first-order valence-corrected chi connectivity index (χ1v) is 5.48. The van der Waals surface area contributed by atoms with E-state index in [-0.39, 0.29) is 5.91 Å². The van der Waals surface area contributed by atoms with Crippen molar-refractivity contribution in [3.8, 4) is 0 Å². The summed E-state index contributed by atoms with van der Waals surface area (Å²) in [5.74, 6) is 4.87. The molecule has 1 aliphatic heterocycles. The number of aliphatic hydroxyl groups is 1. The van der Waals surface area contributed by atoms with Gasteiger partial charge in [-0.05, 0) is 32.7 Å². The number of nitrogens with zero attached hydrogens (tertiary/aromatic N) is 1. The Balaban J connectivity index is 2.29. The van der Waals surface area contributed by atoms with Gasteiger partial charge in [-0.25, -0.2) is 5.84 Å². The highest BCUT2D eigenvalue weighted by Gasteiger charge is 2.24. The Morgan fingerprint density at radius 1 is 1.53 bits per heavy atom. The van der Waals surface area contributed by atoms with E-state index in [1.165, 1.54) is 0 Å². The number of hydrazine groups is 1. The highest BCUT2D eigenvalue weighted by molar-refractivity contribution is 5.75. The van der Waals surface area contributed by atoms with Crippen LogP contribution in [0.2, 0.25) is 0 Å². The number of likely N-dealkylation sites (tertiary alicyclic amines) is 1. The van der Waals surface area contributed by atoms with Crippen LogP contribution in [-0.2, 0) is 4.79 Å². The summed E-state index contributed by atoms with van der Waals surface area (Å²) in [4.78, 5) is 13.2. The number of rotatable bonds is 3. The van der Waals surface area contributed by atoms with Gasteiger partial charge in [0.2, 0.25) is 5.91 Å². The normalized spacial score (nSPS) is 28.5. The molecule has 1 amide bonds. The summed E-state index contributed by atoms with van der Waals surface area (Å²) < 4.78 is 0. The zero-order valence-electron chi connectivity index (χ0n) is 9.33. The standard InChI is InChI=1S/C10H21N3O2/c1-10(15)4-2-6-13(8-5-10)7-3-9(14)12-11/h15H,2-8,11H2,1H3,(H,12,14). The van der Waals surface area contributed by atoms with E-state index in [1.54, 1.807) is 0 Å². The van der Waals surface area contributed by atoms with Gasteiger partial charge < -0.3 is 10.0 Å². The van der Waals surface area contributed by atoms with Gasteiger partial charge in [0.25, 0.3) is 0 Å². The Kier molecular flexibility index (Phi) is 4.50. The first kappa shape index (κ1) is 12.4. The highest BCUT2D eigenvalue weighted by atomic mass is 16.3. The molecule has 4 N–H and O–H groups in total. The molecule has 1 fully saturated rings. The van der Waals surface area contributed by atoms with Gasteiger partial charge in [0.05, 0.1) is 5.60 Å². The van der Waals surface area contributed by atoms with E-state index in [9.17, 15) is 9.90 Å². The van der Waals surface area contributed by atoms with Crippen LogP contribution in [0.3, 0.4) is 0 Å². The minimum Gasteiger partial charge on any atom is -0.390 e. The largest absolute Gasteiger partial charge is 0.390 e. The second kappa shape index (κ2) is 5.44. The minimum absolute atomic E-state index is 0.133. The van der Waals surface area contributed by atoms with Gasteiger partial charge >= 0.3 is 0 Å². The number of nitrogens with one attached hydrogen (secondary N) is 1. The Morgan fingerprint density at radius 2 is 2.27 bits per heavy atom. The third-order valence-corrected chi connectivity index (χ3v) is 2.97. The summed E-state index contributed by atoms with van der Waals surface area (Å²) in [6.07, 6.45) is 3.03. The van der Waals surface area contributed by atoms with Gasteiger partial charge in [0.15, 0.2) is 0 Å². The van der Waals surface area contributed by atoms with E-state index < -0.39 is 5.60 Å². The topological polar surface area (TPSA) is 78.6 Å². The average Bonchev–Trinajstić information content (AvgIpc) is 2.36. The first-order chi connectivity index (χ1) is 7.03. The molecular formula is C10H21N3O2. The number of hydrogen-bond donors (Lipinski definition) is 3. The molecule has 0 aromatic heterocycles. The smallest absolute Gasteiger partial charge is 0.235 e. The van der Waals surface area contributed by atoms with E-state index in [0.717, 1.165) is 38.9 Å². The van der Waals surface area contributed by atoms with Gasteiger partial charge in [-0.15, -0.1) is 0 Å². The quantitative estimate of drug-likeness (QED) is 0.340. The molecule has 1 rings (SSSR count). The van der Waals surface area contributed by atoms with Crippen molar-refractivity contribution in [1.29, 1.82) is 0 Å². The summed E-state index contributed by atoms with van der Waals surface area (Å²) in [6.45, 7) is 4.40. The monoisotopic (exact) mass is 215 g/mol. The molecule has 0 spiro atoms. The number of hydrogen-bond acceptors (Lipinski definition) is 4. The lowest BCUT2D eigenvalue weighted by Gasteiger charge is -2.22. The van der Waals surface area contributed by atoms with Crippen LogP contribution in [0.15, 0.2) is 0 Å². The van der Waals surface area contributed by atoms with Crippen molar-refractivity contribution in [1.82, 2.24) is 10.3 Å². The lowest BCUT2D eigenvalue weighted by molar-refractivity contribution is -0.121. The molecule has 1 atom stereocenters. The Morgan fingerprint density at radius 3 is 2.93 bits per heavy atom. The number of carbonyl (C=O) groups excluding carboxylic acids is 1. The fourth-order valence-electron chi connectivity index (χ4n) is 1.87. The molecule has 1 heterocycles. The van der Waals surface area contributed by atoms with Crippen molar-refractivity contribution in [3.05, 3.63) is 0 Å². The van der Waals surface area contributed by atoms with Crippen LogP contribution in [0.25, 0.3) is 0 Å². The molecule has 1 unspecified atom stereocenters. The molecule has 0 bridgehead atoms. The fourth-order valence-corrected chi connectivity index (χ4v) is 1.87. The Hall–Kier alpha value is -0.650. The predicted octanol–water partition coefficient (Wildman–Crippen LogP) is -0.397. The number of nitrogens with two attached hydrogens (primary N) is 1. The molecule has 0 aromatic carbocycles. The third-order valence-electron chi connectivity index (χ3n) is 2.97. The maximum absolute atomic E-state index is 11.0. The van der Waals surface area contributed by atoms with Crippen LogP contribution in [-0.4, -0.2) is 41.1 Å². The van der Waals surface area contributed by atoms with Crippen LogP contribution >= 0.6 is 0 Å². The van der Waals surface area contributed by atoms with Gasteiger partial charge in [-0.3, -0.25) is 10.2 Å². The molecule has 5 nitrogen and oxygen atoms in total. The van der Waals surface area contributed by atoms with Crippen LogP contribution in [0, 0.1) is 0 Å². The second-order valence-corrected chi connectivity index (χ2v) is 4.51. The van der Waals surface area contributed by atoms with Crippen LogP contribution in [0.5, 0.6) is 0 Å². The third kappa shape index (κ3) is 4.59. The van der Waals surface area contributed by atoms with Crippen molar-refractivity contribution >= 4 is 5.91 Å². The van der Waals surface area contributed by atoms with Gasteiger partial charge in [0.1, 0.15) is 0 Å². The summed E-state index contributed by atoms with van der Waals surface area (Å²) in [5.41, 5.74) is 1.58. The van der Waals surface area contributed by atoms with Crippen molar-refractivity contribution in [2.75, 3.05) is 19.6 Å².